The van der Waals surface area contributed by atoms with E-state index in [0.29, 0.717) is 11.6 Å². The summed E-state index contributed by atoms with van der Waals surface area (Å²) in [4.78, 5) is 35.6. The van der Waals surface area contributed by atoms with Crippen LogP contribution >= 0.6 is 0 Å². The van der Waals surface area contributed by atoms with Gasteiger partial charge in [0.05, 0.1) is 23.3 Å². The summed E-state index contributed by atoms with van der Waals surface area (Å²) in [5.41, 5.74) is -3.62. The topological polar surface area (TPSA) is 84.5 Å². The highest BCUT2D eigenvalue weighted by Crippen LogP contribution is 2.41. The number of nitrogens with one attached hydrogen (secondary N) is 2. The Kier molecular flexibility index (Phi) is 8.07. The van der Waals surface area contributed by atoms with Crippen molar-refractivity contribution in [3.05, 3.63) is 64.7 Å². The number of hydrogen-bond acceptors (Lipinski definition) is 4. The molecule has 2 rings (SSSR count). The standard InChI is InChI=1S/C21H18F6N2O4/c1-2-33-19(32)13-5-3-4-12(8-13)11-28-17(30)10-18(31)29-14-6-7-15(20(22,23)24)16(9-14)21(25,26)27/h3-9H,2,10-11H2,1H3,(H,28,30)(H,29,31). The van der Waals surface area contributed by atoms with Gasteiger partial charge in [0.25, 0.3) is 0 Å². The molecule has 0 aliphatic carbocycles. The maximum absolute atomic E-state index is 13.0. The molecule has 0 saturated carbocycles. The normalized spacial score (nSPS) is 11.6. The Morgan fingerprint density at radius 2 is 1.55 bits per heavy atom. The molecule has 2 aromatic rings. The number of hydrogen-bond donors (Lipinski definition) is 2. The third kappa shape index (κ3) is 7.51. The van der Waals surface area contributed by atoms with Crippen molar-refractivity contribution in [1.29, 1.82) is 0 Å². The van der Waals surface area contributed by atoms with Crippen LogP contribution in [0, 0.1) is 0 Å². The Bertz CT molecular complexity index is 1030. The molecule has 0 bridgehead atoms. The second-order valence-electron chi connectivity index (χ2n) is 6.68. The highest BCUT2D eigenvalue weighted by molar-refractivity contribution is 6.03. The minimum Gasteiger partial charge on any atom is -0.462 e. The zero-order valence-electron chi connectivity index (χ0n) is 17.1. The Labute approximate surface area is 183 Å². The van der Waals surface area contributed by atoms with E-state index >= 15 is 0 Å². The molecule has 0 aliphatic rings. The summed E-state index contributed by atoms with van der Waals surface area (Å²) in [6.45, 7) is 1.76. The van der Waals surface area contributed by atoms with Crippen molar-refractivity contribution >= 4 is 23.5 Å². The first-order chi connectivity index (χ1) is 15.3. The van der Waals surface area contributed by atoms with Gasteiger partial charge >= 0.3 is 18.3 Å². The van der Waals surface area contributed by atoms with Crippen LogP contribution in [0.4, 0.5) is 32.0 Å². The first kappa shape index (κ1) is 25.7. The molecule has 2 N–H and O–H groups in total. The molecular weight excluding hydrogens is 458 g/mol. The molecule has 6 nitrogen and oxygen atoms in total. The summed E-state index contributed by atoms with van der Waals surface area (Å²) in [5, 5.41) is 4.37. The number of amides is 2. The Morgan fingerprint density at radius 1 is 0.879 bits per heavy atom. The van der Waals surface area contributed by atoms with Gasteiger partial charge in [0.2, 0.25) is 11.8 Å². The molecular formula is C21H18F6N2O4. The number of carbonyl (C=O) groups is 3. The number of anilines is 1. The predicted octanol–water partition coefficient (Wildman–Crippen LogP) is 4.55. The Balaban J connectivity index is 1.99. The number of esters is 1. The highest BCUT2D eigenvalue weighted by atomic mass is 19.4. The van der Waals surface area contributed by atoms with E-state index in [2.05, 4.69) is 5.32 Å². The van der Waals surface area contributed by atoms with E-state index in [1.807, 2.05) is 5.32 Å². The molecule has 2 aromatic carbocycles. The second kappa shape index (κ2) is 10.4. The van der Waals surface area contributed by atoms with Gasteiger partial charge in [-0.05, 0) is 42.8 Å². The van der Waals surface area contributed by atoms with Gasteiger partial charge in [0.1, 0.15) is 6.42 Å². The lowest BCUT2D eigenvalue weighted by Gasteiger charge is -2.17. The van der Waals surface area contributed by atoms with Crippen molar-refractivity contribution in [2.24, 2.45) is 0 Å². The third-order valence-corrected chi connectivity index (χ3v) is 4.16. The molecule has 0 unspecified atom stereocenters. The predicted molar refractivity (Wildman–Crippen MR) is 104 cm³/mol. The monoisotopic (exact) mass is 476 g/mol. The minimum atomic E-state index is -5.30. The smallest absolute Gasteiger partial charge is 0.417 e. The van der Waals surface area contributed by atoms with Gasteiger partial charge in [-0.2, -0.15) is 26.3 Å². The number of rotatable bonds is 7. The van der Waals surface area contributed by atoms with Crippen LogP contribution in [0.25, 0.3) is 0 Å². The molecule has 0 heterocycles. The van der Waals surface area contributed by atoms with Crippen molar-refractivity contribution in [2.75, 3.05) is 11.9 Å². The van der Waals surface area contributed by atoms with Crippen molar-refractivity contribution in [1.82, 2.24) is 5.32 Å². The van der Waals surface area contributed by atoms with Crippen LogP contribution in [0.5, 0.6) is 0 Å². The van der Waals surface area contributed by atoms with Gasteiger partial charge < -0.3 is 15.4 Å². The molecule has 2 amide bonds. The Morgan fingerprint density at radius 3 is 2.15 bits per heavy atom. The van der Waals surface area contributed by atoms with E-state index in [0.717, 1.165) is 0 Å². The molecule has 0 saturated heterocycles. The SMILES string of the molecule is CCOC(=O)c1cccc(CNC(=O)CC(=O)Nc2ccc(C(F)(F)F)c(C(F)(F)F)c2)c1. The maximum atomic E-state index is 13.0. The molecule has 0 radical (unpaired) electrons. The fraction of sp³-hybridized carbons (Fsp3) is 0.286. The first-order valence-electron chi connectivity index (χ1n) is 9.42. The molecule has 178 valence electrons. The molecule has 33 heavy (non-hydrogen) atoms. The largest absolute Gasteiger partial charge is 0.462 e. The van der Waals surface area contributed by atoms with Crippen LogP contribution in [0.3, 0.4) is 0 Å². The van der Waals surface area contributed by atoms with E-state index in [1.54, 1.807) is 19.1 Å². The van der Waals surface area contributed by atoms with Crippen LogP contribution in [0.1, 0.15) is 40.4 Å². The fourth-order valence-electron chi connectivity index (χ4n) is 2.74. The second-order valence-corrected chi connectivity index (χ2v) is 6.68. The lowest BCUT2D eigenvalue weighted by atomic mass is 10.1. The molecule has 0 aromatic heterocycles. The summed E-state index contributed by atoms with van der Waals surface area (Å²) >= 11 is 0. The van der Waals surface area contributed by atoms with Gasteiger partial charge in [0, 0.05) is 12.2 Å². The van der Waals surface area contributed by atoms with Gasteiger partial charge in [-0.25, -0.2) is 4.79 Å². The van der Waals surface area contributed by atoms with Crippen molar-refractivity contribution < 1.29 is 45.5 Å². The van der Waals surface area contributed by atoms with E-state index in [-0.39, 0.29) is 30.8 Å². The molecule has 0 fully saturated rings. The number of halogens is 6. The Hall–Kier alpha value is -3.57. The van der Waals surface area contributed by atoms with E-state index in [1.165, 1.54) is 12.1 Å². The highest BCUT2D eigenvalue weighted by Gasteiger charge is 2.43. The lowest BCUT2D eigenvalue weighted by molar-refractivity contribution is -0.162. The molecule has 0 atom stereocenters. The summed E-state index contributed by atoms with van der Waals surface area (Å²) in [7, 11) is 0. The van der Waals surface area contributed by atoms with Crippen molar-refractivity contribution in [3.63, 3.8) is 0 Å². The van der Waals surface area contributed by atoms with Crippen LogP contribution in [0.2, 0.25) is 0 Å². The average molecular weight is 476 g/mol. The van der Waals surface area contributed by atoms with Gasteiger partial charge in [0.15, 0.2) is 0 Å². The molecule has 12 heteroatoms. The van der Waals surface area contributed by atoms with Gasteiger partial charge in [-0.15, -0.1) is 0 Å². The minimum absolute atomic E-state index is 0.0577. The summed E-state index contributed by atoms with van der Waals surface area (Å²) in [6, 6.07) is 7.16. The van der Waals surface area contributed by atoms with Crippen LogP contribution in [0.15, 0.2) is 42.5 Å². The van der Waals surface area contributed by atoms with E-state index in [4.69, 9.17) is 4.74 Å². The summed E-state index contributed by atoms with van der Waals surface area (Å²) in [5.74, 6) is -2.38. The lowest BCUT2D eigenvalue weighted by Crippen LogP contribution is -2.28. The summed E-state index contributed by atoms with van der Waals surface area (Å²) < 4.78 is 82.2. The fourth-order valence-corrected chi connectivity index (χ4v) is 2.74. The van der Waals surface area contributed by atoms with Crippen LogP contribution < -0.4 is 10.6 Å². The number of ether oxygens (including phenoxy) is 1. The van der Waals surface area contributed by atoms with Gasteiger partial charge in [-0.1, -0.05) is 12.1 Å². The van der Waals surface area contributed by atoms with Crippen molar-refractivity contribution in [2.45, 2.75) is 32.2 Å². The zero-order valence-corrected chi connectivity index (χ0v) is 17.1. The van der Waals surface area contributed by atoms with Gasteiger partial charge in [-0.3, -0.25) is 9.59 Å². The maximum Gasteiger partial charge on any atom is 0.417 e. The van der Waals surface area contributed by atoms with Crippen molar-refractivity contribution in [3.8, 4) is 0 Å². The van der Waals surface area contributed by atoms with Crippen LogP contribution in [-0.4, -0.2) is 24.4 Å². The average Bonchev–Trinajstić information content (AvgIpc) is 2.71. The molecule has 0 spiro atoms. The number of carbonyl (C=O) groups excluding carboxylic acids is 3. The summed E-state index contributed by atoms with van der Waals surface area (Å²) in [6.07, 6.45) is -11.3. The quantitative estimate of drug-likeness (QED) is 0.349. The number of benzene rings is 2. The first-order valence-corrected chi connectivity index (χ1v) is 9.42. The van der Waals surface area contributed by atoms with E-state index in [9.17, 15) is 40.7 Å². The number of alkyl halides is 6. The third-order valence-electron chi connectivity index (χ3n) is 4.16. The van der Waals surface area contributed by atoms with E-state index < -0.39 is 53.4 Å². The van der Waals surface area contributed by atoms with Crippen LogP contribution in [-0.2, 0) is 33.2 Å². The zero-order chi connectivity index (χ0) is 24.8. The molecule has 0 aliphatic heterocycles.